The largest absolute Gasteiger partial charge is 0.497 e. The predicted octanol–water partition coefficient (Wildman–Crippen LogP) is 2.49. The van der Waals surface area contributed by atoms with Crippen LogP contribution in [0.25, 0.3) is 0 Å². The molecule has 2 unspecified atom stereocenters. The van der Waals surface area contributed by atoms with Crippen LogP contribution < -0.4 is 4.74 Å². The lowest BCUT2D eigenvalue weighted by molar-refractivity contribution is -0.134. The molecular formula is C18H25NO3. The van der Waals surface area contributed by atoms with E-state index in [1.54, 1.807) is 7.11 Å². The lowest BCUT2D eigenvalue weighted by Gasteiger charge is -2.32. The van der Waals surface area contributed by atoms with Gasteiger partial charge in [0.25, 0.3) is 0 Å². The summed E-state index contributed by atoms with van der Waals surface area (Å²) >= 11 is 0. The number of amides is 1. The molecule has 1 amide bonds. The number of hydrogen-bond donors (Lipinski definition) is 1. The molecule has 3 rings (SSSR count). The molecular weight excluding hydrogens is 278 g/mol. The van der Waals surface area contributed by atoms with Crippen LogP contribution in [0.3, 0.4) is 0 Å². The number of piperidine rings is 1. The first-order valence-corrected chi connectivity index (χ1v) is 8.30. The second-order valence-electron chi connectivity index (χ2n) is 6.49. The van der Waals surface area contributed by atoms with E-state index in [4.69, 9.17) is 4.74 Å². The molecule has 1 heterocycles. The van der Waals surface area contributed by atoms with Crippen LogP contribution in [0.2, 0.25) is 0 Å². The number of carbonyl (C=O) groups is 1. The van der Waals surface area contributed by atoms with Crippen LogP contribution in [0, 0.1) is 0 Å². The topological polar surface area (TPSA) is 49.8 Å². The molecule has 1 aliphatic heterocycles. The van der Waals surface area contributed by atoms with Crippen molar-refractivity contribution in [3.05, 3.63) is 29.3 Å². The van der Waals surface area contributed by atoms with Gasteiger partial charge in [0, 0.05) is 19.5 Å². The van der Waals surface area contributed by atoms with Gasteiger partial charge in [-0.1, -0.05) is 6.07 Å². The summed E-state index contributed by atoms with van der Waals surface area (Å²) in [5.74, 6) is 1.39. The van der Waals surface area contributed by atoms with Gasteiger partial charge in [-0.15, -0.1) is 0 Å². The molecule has 0 aromatic heterocycles. The van der Waals surface area contributed by atoms with Gasteiger partial charge >= 0.3 is 0 Å². The number of rotatable bonds is 3. The Morgan fingerprint density at radius 3 is 3.00 bits per heavy atom. The summed E-state index contributed by atoms with van der Waals surface area (Å²) in [6.07, 6.45) is 5.20. The van der Waals surface area contributed by atoms with Crippen LogP contribution in [0.1, 0.15) is 49.1 Å². The first kappa shape index (κ1) is 15.3. The minimum Gasteiger partial charge on any atom is -0.497 e. The zero-order valence-electron chi connectivity index (χ0n) is 13.3. The Bertz CT molecular complexity index is 543. The quantitative estimate of drug-likeness (QED) is 0.933. The van der Waals surface area contributed by atoms with Gasteiger partial charge in [0.15, 0.2) is 0 Å². The fraction of sp³-hybridized carbons (Fsp3) is 0.611. The van der Waals surface area contributed by atoms with Crippen LogP contribution in [-0.2, 0) is 11.2 Å². The van der Waals surface area contributed by atoms with Crippen molar-refractivity contribution in [2.75, 3.05) is 20.2 Å². The summed E-state index contributed by atoms with van der Waals surface area (Å²) in [7, 11) is 1.69. The molecule has 2 aliphatic rings. The highest BCUT2D eigenvalue weighted by atomic mass is 16.5. The molecule has 0 saturated carbocycles. The molecule has 1 fully saturated rings. The maximum atomic E-state index is 12.5. The van der Waals surface area contributed by atoms with Crippen LogP contribution in [0.15, 0.2) is 18.2 Å². The standard InChI is InChI=1S/C18H25NO3/c1-22-16-7-8-17-13(10-16)4-2-5-14(17)11-18(21)19-9-3-6-15(20)12-19/h7-8,10,14-15,20H,2-6,9,11-12H2,1H3. The van der Waals surface area contributed by atoms with Crippen LogP contribution >= 0.6 is 0 Å². The van der Waals surface area contributed by atoms with Gasteiger partial charge in [-0.25, -0.2) is 0 Å². The summed E-state index contributed by atoms with van der Waals surface area (Å²) in [6.45, 7) is 1.29. The highest BCUT2D eigenvalue weighted by molar-refractivity contribution is 5.77. The summed E-state index contributed by atoms with van der Waals surface area (Å²) in [5, 5.41) is 9.74. The van der Waals surface area contributed by atoms with Crippen molar-refractivity contribution < 1.29 is 14.6 Å². The van der Waals surface area contributed by atoms with Crippen molar-refractivity contribution in [2.45, 2.75) is 50.5 Å². The van der Waals surface area contributed by atoms with Gasteiger partial charge in [-0.3, -0.25) is 4.79 Å². The fourth-order valence-corrected chi connectivity index (χ4v) is 3.75. The highest BCUT2D eigenvalue weighted by Crippen LogP contribution is 2.36. The van der Waals surface area contributed by atoms with E-state index in [1.807, 2.05) is 11.0 Å². The molecule has 120 valence electrons. The second-order valence-corrected chi connectivity index (χ2v) is 6.49. The maximum absolute atomic E-state index is 12.5. The SMILES string of the molecule is COc1ccc2c(c1)CCCC2CC(=O)N1CCCC(O)C1. The third-order valence-corrected chi connectivity index (χ3v) is 4.96. The number of ether oxygens (including phenoxy) is 1. The summed E-state index contributed by atoms with van der Waals surface area (Å²) in [6, 6.07) is 6.22. The van der Waals surface area contributed by atoms with Crippen molar-refractivity contribution in [1.82, 2.24) is 4.90 Å². The number of methoxy groups -OCH3 is 1. The number of nitrogens with zero attached hydrogens (tertiary/aromatic N) is 1. The Labute approximate surface area is 132 Å². The van der Waals surface area contributed by atoms with Crippen molar-refractivity contribution in [3.63, 3.8) is 0 Å². The average molecular weight is 303 g/mol. The molecule has 0 radical (unpaired) electrons. The van der Waals surface area contributed by atoms with Crippen LogP contribution in [-0.4, -0.2) is 42.2 Å². The van der Waals surface area contributed by atoms with Crippen LogP contribution in [0.5, 0.6) is 5.75 Å². The third-order valence-electron chi connectivity index (χ3n) is 4.96. The summed E-state index contributed by atoms with van der Waals surface area (Å²) in [5.41, 5.74) is 2.63. The molecule has 1 aromatic rings. The van der Waals surface area contributed by atoms with E-state index in [9.17, 15) is 9.90 Å². The van der Waals surface area contributed by atoms with Gasteiger partial charge in [0.1, 0.15) is 5.75 Å². The molecule has 0 spiro atoms. The van der Waals surface area contributed by atoms with Crippen molar-refractivity contribution in [1.29, 1.82) is 0 Å². The van der Waals surface area contributed by atoms with E-state index in [2.05, 4.69) is 12.1 Å². The zero-order chi connectivity index (χ0) is 15.5. The molecule has 1 saturated heterocycles. The molecule has 22 heavy (non-hydrogen) atoms. The first-order valence-electron chi connectivity index (χ1n) is 8.30. The fourth-order valence-electron chi connectivity index (χ4n) is 3.75. The first-order chi connectivity index (χ1) is 10.7. The molecule has 0 bridgehead atoms. The average Bonchev–Trinajstić information content (AvgIpc) is 2.54. The number of aryl methyl sites for hydroxylation is 1. The second kappa shape index (κ2) is 6.69. The number of aliphatic hydroxyl groups is 1. The normalized spacial score (nSPS) is 24.7. The number of fused-ring (bicyclic) bond motifs is 1. The number of β-amino-alcohol motifs (C(OH)–C–C–N with tert-alkyl or cyclic N) is 1. The van der Waals surface area contributed by atoms with Gasteiger partial charge in [0.2, 0.25) is 5.91 Å². The van der Waals surface area contributed by atoms with Crippen LogP contribution in [0.4, 0.5) is 0 Å². The highest BCUT2D eigenvalue weighted by Gasteiger charge is 2.27. The molecule has 4 nitrogen and oxygen atoms in total. The van der Waals surface area contributed by atoms with E-state index >= 15 is 0 Å². The maximum Gasteiger partial charge on any atom is 0.223 e. The van der Waals surface area contributed by atoms with Gasteiger partial charge < -0.3 is 14.7 Å². The van der Waals surface area contributed by atoms with Gasteiger partial charge in [-0.2, -0.15) is 0 Å². The molecule has 1 aliphatic carbocycles. The smallest absolute Gasteiger partial charge is 0.223 e. The minimum absolute atomic E-state index is 0.187. The minimum atomic E-state index is -0.347. The zero-order valence-corrected chi connectivity index (χ0v) is 13.3. The monoisotopic (exact) mass is 303 g/mol. The number of likely N-dealkylation sites (tertiary alicyclic amines) is 1. The lowest BCUT2D eigenvalue weighted by Crippen LogP contribution is -2.42. The Morgan fingerprint density at radius 2 is 2.23 bits per heavy atom. The Balaban J connectivity index is 1.70. The van der Waals surface area contributed by atoms with E-state index in [0.717, 1.165) is 44.4 Å². The van der Waals surface area contributed by atoms with Crippen molar-refractivity contribution in [3.8, 4) is 5.75 Å². The Morgan fingerprint density at radius 1 is 1.36 bits per heavy atom. The predicted molar refractivity (Wildman–Crippen MR) is 85.1 cm³/mol. The molecule has 1 N–H and O–H groups in total. The summed E-state index contributed by atoms with van der Waals surface area (Å²) < 4.78 is 5.30. The Kier molecular flexibility index (Phi) is 4.67. The van der Waals surface area contributed by atoms with Crippen molar-refractivity contribution in [2.24, 2.45) is 0 Å². The lowest BCUT2D eigenvalue weighted by atomic mass is 9.80. The van der Waals surface area contributed by atoms with E-state index < -0.39 is 0 Å². The third kappa shape index (κ3) is 3.27. The summed E-state index contributed by atoms with van der Waals surface area (Å²) in [4.78, 5) is 14.4. The van der Waals surface area contributed by atoms with E-state index in [1.165, 1.54) is 11.1 Å². The molecule has 1 aromatic carbocycles. The number of aliphatic hydroxyl groups excluding tert-OH is 1. The van der Waals surface area contributed by atoms with E-state index in [0.29, 0.717) is 18.9 Å². The molecule has 2 atom stereocenters. The number of hydrogen-bond acceptors (Lipinski definition) is 3. The van der Waals surface area contributed by atoms with Crippen molar-refractivity contribution >= 4 is 5.91 Å². The van der Waals surface area contributed by atoms with E-state index in [-0.39, 0.29) is 12.0 Å². The number of carbonyl (C=O) groups excluding carboxylic acids is 1. The van der Waals surface area contributed by atoms with Gasteiger partial charge in [0.05, 0.1) is 13.2 Å². The Hall–Kier alpha value is -1.55. The molecule has 4 heteroatoms. The van der Waals surface area contributed by atoms with Gasteiger partial charge in [-0.05, 0) is 61.3 Å². The number of benzene rings is 1.